The largest absolute Gasteiger partial charge is 0.301 e. The molecule has 0 spiro atoms. The summed E-state index contributed by atoms with van der Waals surface area (Å²) in [5.74, 6) is 0. The van der Waals surface area contributed by atoms with E-state index in [0.29, 0.717) is 0 Å². The molecule has 0 fully saturated rings. The summed E-state index contributed by atoms with van der Waals surface area (Å²) in [6.45, 7) is 0. The number of aliphatic imine (C=N–C) groups is 1. The van der Waals surface area contributed by atoms with Gasteiger partial charge in [-0.05, 0) is 0 Å². The molecular formula is C3H3NO. The average Bonchev–Trinajstić information content (AvgIpc) is 2.12. The van der Waals surface area contributed by atoms with Crippen molar-refractivity contribution < 1.29 is 4.79 Å². The first-order valence-corrected chi connectivity index (χ1v) is 1.42. The van der Waals surface area contributed by atoms with E-state index in [4.69, 9.17) is 0 Å². The van der Waals surface area contributed by atoms with Gasteiger partial charge in [0.15, 0.2) is 0 Å². The normalized spacial score (nSPS) is 30.0. The third-order valence-electron chi connectivity index (χ3n) is 0.461. The zero-order chi connectivity index (χ0) is 3.70. The lowest BCUT2D eigenvalue weighted by atomic mass is 10.5. The third kappa shape index (κ3) is 0.318. The van der Waals surface area contributed by atoms with Gasteiger partial charge in [-0.15, -0.1) is 0 Å². The Morgan fingerprint density at radius 3 is 2.60 bits per heavy atom. The van der Waals surface area contributed by atoms with Gasteiger partial charge in [-0.2, -0.15) is 0 Å². The molecule has 0 saturated carbocycles. The second-order valence-electron chi connectivity index (χ2n) is 0.925. The van der Waals surface area contributed by atoms with Crippen molar-refractivity contribution in [3.63, 3.8) is 0 Å². The number of carbonyl (C=O) groups excluding carboxylic acids is 1. The molecule has 26 valence electrons. The minimum atomic E-state index is -0.0463. The number of carbonyl (C=O) groups is 1. The summed E-state index contributed by atoms with van der Waals surface area (Å²) in [5.41, 5.74) is 0. The van der Waals surface area contributed by atoms with Crippen LogP contribution in [0.5, 0.6) is 0 Å². The van der Waals surface area contributed by atoms with Crippen molar-refractivity contribution in [1.29, 1.82) is 0 Å². The van der Waals surface area contributed by atoms with Gasteiger partial charge >= 0.3 is 0 Å². The van der Waals surface area contributed by atoms with Crippen LogP contribution in [0.1, 0.15) is 0 Å². The molecule has 0 aromatic heterocycles. The van der Waals surface area contributed by atoms with Crippen molar-refractivity contribution in [2.45, 2.75) is 6.04 Å². The first kappa shape index (κ1) is 2.57. The lowest BCUT2D eigenvalue weighted by Crippen LogP contribution is -1.83. The molecule has 2 nitrogen and oxygen atoms in total. The second kappa shape index (κ2) is 0.641. The predicted octanol–water partition coefficient (Wildman–Crippen LogP) is -0.362. The van der Waals surface area contributed by atoms with Gasteiger partial charge in [0.05, 0.1) is 0 Å². The van der Waals surface area contributed by atoms with E-state index in [1.807, 2.05) is 0 Å². The first-order chi connectivity index (χ1) is 2.43. The zero-order valence-corrected chi connectivity index (χ0v) is 2.59. The number of hydrogen-bond donors (Lipinski definition) is 0. The highest BCUT2D eigenvalue weighted by atomic mass is 16.1. The second-order valence-corrected chi connectivity index (χ2v) is 0.925. The lowest BCUT2D eigenvalue weighted by Gasteiger charge is -1.56. The smallest absolute Gasteiger partial charge is 0.149 e. The quantitative estimate of drug-likeness (QED) is 0.386. The number of aldehydes is 1. The van der Waals surface area contributed by atoms with Gasteiger partial charge < -0.3 is 4.79 Å². The highest BCUT2D eigenvalue weighted by Crippen LogP contribution is 1.92. The lowest BCUT2D eigenvalue weighted by molar-refractivity contribution is -0.107. The van der Waals surface area contributed by atoms with Gasteiger partial charge in [-0.1, -0.05) is 0 Å². The molecule has 0 aromatic carbocycles. The van der Waals surface area contributed by atoms with Crippen molar-refractivity contribution >= 4 is 12.5 Å². The molecule has 2 heteroatoms. The monoisotopic (exact) mass is 69.0 g/mol. The van der Waals surface area contributed by atoms with Gasteiger partial charge in [-0.3, -0.25) is 4.99 Å². The van der Waals surface area contributed by atoms with Crippen LogP contribution in [0.3, 0.4) is 0 Å². The minimum absolute atomic E-state index is 0.0463. The van der Waals surface area contributed by atoms with Gasteiger partial charge in [-0.25, -0.2) is 0 Å². The maximum absolute atomic E-state index is 9.44. The number of nitrogens with zero attached hydrogens (tertiary/aromatic N) is 1. The SMILES string of the molecule is O=CC1C=N1. The van der Waals surface area contributed by atoms with Crippen LogP contribution in [0, 0.1) is 0 Å². The molecule has 0 amide bonds. The van der Waals surface area contributed by atoms with E-state index in [2.05, 4.69) is 4.99 Å². The molecule has 1 heterocycles. The minimum Gasteiger partial charge on any atom is -0.301 e. The van der Waals surface area contributed by atoms with Crippen LogP contribution in [-0.2, 0) is 4.79 Å². The van der Waals surface area contributed by atoms with Crippen molar-refractivity contribution in [3.05, 3.63) is 0 Å². The summed E-state index contributed by atoms with van der Waals surface area (Å²) in [6, 6.07) is -0.0463. The molecule has 1 aliphatic heterocycles. The third-order valence-corrected chi connectivity index (χ3v) is 0.461. The molecule has 1 rings (SSSR count). The zero-order valence-electron chi connectivity index (χ0n) is 2.59. The molecule has 0 N–H and O–H groups in total. The molecule has 1 atom stereocenters. The summed E-state index contributed by atoms with van der Waals surface area (Å²) in [4.78, 5) is 13.0. The van der Waals surface area contributed by atoms with Gasteiger partial charge in [0, 0.05) is 6.21 Å². The Balaban J connectivity index is 2.28. The summed E-state index contributed by atoms with van der Waals surface area (Å²) in [6.07, 6.45) is 2.41. The topological polar surface area (TPSA) is 29.4 Å². The van der Waals surface area contributed by atoms with E-state index in [0.717, 1.165) is 6.29 Å². The summed E-state index contributed by atoms with van der Waals surface area (Å²) < 4.78 is 0. The van der Waals surface area contributed by atoms with E-state index in [-0.39, 0.29) is 6.04 Å². The van der Waals surface area contributed by atoms with Crippen LogP contribution < -0.4 is 0 Å². The van der Waals surface area contributed by atoms with E-state index < -0.39 is 0 Å². The van der Waals surface area contributed by atoms with Crippen LogP contribution >= 0.6 is 0 Å². The maximum Gasteiger partial charge on any atom is 0.149 e. The Kier molecular flexibility index (Phi) is 0.330. The highest BCUT2D eigenvalue weighted by Gasteiger charge is 2.07. The highest BCUT2D eigenvalue weighted by molar-refractivity contribution is 5.96. The molecule has 0 saturated heterocycles. The maximum atomic E-state index is 9.44. The Hall–Kier alpha value is -0.660. The fourth-order valence-electron chi connectivity index (χ4n) is 0.120. The van der Waals surface area contributed by atoms with E-state index in [1.54, 1.807) is 6.21 Å². The van der Waals surface area contributed by atoms with Crippen LogP contribution in [0.15, 0.2) is 4.99 Å². The number of rotatable bonds is 1. The molecule has 1 unspecified atom stereocenters. The Labute approximate surface area is 29.5 Å². The van der Waals surface area contributed by atoms with Gasteiger partial charge in [0.2, 0.25) is 0 Å². The summed E-state index contributed by atoms with van der Waals surface area (Å²) in [5, 5.41) is 0. The van der Waals surface area contributed by atoms with Crippen molar-refractivity contribution in [2.75, 3.05) is 0 Å². The number of hydrogen-bond acceptors (Lipinski definition) is 2. The van der Waals surface area contributed by atoms with E-state index >= 15 is 0 Å². The van der Waals surface area contributed by atoms with E-state index in [1.165, 1.54) is 0 Å². The molecule has 0 aromatic rings. The molecule has 1 aliphatic rings. The van der Waals surface area contributed by atoms with Crippen LogP contribution in [0.4, 0.5) is 0 Å². The summed E-state index contributed by atoms with van der Waals surface area (Å²) >= 11 is 0. The van der Waals surface area contributed by atoms with Gasteiger partial charge in [0.1, 0.15) is 12.3 Å². The first-order valence-electron chi connectivity index (χ1n) is 1.42. The van der Waals surface area contributed by atoms with Gasteiger partial charge in [0.25, 0.3) is 0 Å². The predicted molar refractivity (Wildman–Crippen MR) is 18.3 cm³/mol. The van der Waals surface area contributed by atoms with Crippen molar-refractivity contribution in [1.82, 2.24) is 0 Å². The fourth-order valence-corrected chi connectivity index (χ4v) is 0.120. The van der Waals surface area contributed by atoms with Crippen LogP contribution in [-0.4, -0.2) is 18.5 Å². The summed E-state index contributed by atoms with van der Waals surface area (Å²) in [7, 11) is 0. The molecule has 0 aliphatic carbocycles. The Bertz CT molecular complexity index is 71.0. The van der Waals surface area contributed by atoms with Crippen LogP contribution in [0.25, 0.3) is 0 Å². The molecule has 5 heavy (non-hydrogen) atoms. The Morgan fingerprint density at radius 2 is 2.60 bits per heavy atom. The molecule has 0 radical (unpaired) electrons. The van der Waals surface area contributed by atoms with Crippen molar-refractivity contribution in [2.24, 2.45) is 4.99 Å². The fraction of sp³-hybridized carbons (Fsp3) is 0.333. The molecular weight excluding hydrogens is 66.0 g/mol. The van der Waals surface area contributed by atoms with E-state index in [9.17, 15) is 4.79 Å². The Morgan fingerprint density at radius 1 is 2.00 bits per heavy atom. The van der Waals surface area contributed by atoms with Crippen molar-refractivity contribution in [3.8, 4) is 0 Å². The van der Waals surface area contributed by atoms with Crippen LogP contribution in [0.2, 0.25) is 0 Å². The average molecular weight is 69.1 g/mol. The molecule has 0 bridgehead atoms. The standard InChI is InChI=1S/C3H3NO/c5-2-3-1-4-3/h1-3H.